The molecule has 2 aliphatic rings. The molecule has 0 atom stereocenters. The van der Waals surface area contributed by atoms with Crippen LogP contribution in [0.15, 0.2) is 35.5 Å². The van der Waals surface area contributed by atoms with Crippen LogP contribution in [0.5, 0.6) is 0 Å². The summed E-state index contributed by atoms with van der Waals surface area (Å²) in [4.78, 5) is 28.3. The van der Waals surface area contributed by atoms with Gasteiger partial charge in [0, 0.05) is 56.7 Å². The van der Waals surface area contributed by atoms with Crippen molar-refractivity contribution < 1.29 is 4.79 Å². The molecule has 30 heavy (non-hydrogen) atoms. The zero-order valence-corrected chi connectivity index (χ0v) is 19.0. The summed E-state index contributed by atoms with van der Waals surface area (Å²) in [5.41, 5.74) is 1.90. The van der Waals surface area contributed by atoms with E-state index in [4.69, 9.17) is 16.6 Å². The van der Waals surface area contributed by atoms with E-state index in [2.05, 4.69) is 21.7 Å². The first kappa shape index (κ1) is 21.4. The van der Waals surface area contributed by atoms with Crippen LogP contribution < -0.4 is 4.90 Å². The lowest BCUT2D eigenvalue weighted by Gasteiger charge is -2.34. The molecular weight excluding hydrogens is 418 g/mol. The average molecular weight is 446 g/mol. The molecule has 0 radical (unpaired) electrons. The van der Waals surface area contributed by atoms with Crippen LogP contribution >= 0.6 is 23.4 Å². The molecule has 8 heteroatoms. The summed E-state index contributed by atoms with van der Waals surface area (Å²) >= 11 is 7.85. The van der Waals surface area contributed by atoms with E-state index in [1.54, 1.807) is 11.8 Å². The highest BCUT2D eigenvalue weighted by Crippen LogP contribution is 2.25. The number of carbonyl (C=O) groups is 1. The second-order valence-electron chi connectivity index (χ2n) is 7.74. The van der Waals surface area contributed by atoms with Gasteiger partial charge in [0.1, 0.15) is 11.0 Å². The Bertz CT molecular complexity index is 864. The van der Waals surface area contributed by atoms with Gasteiger partial charge in [0.2, 0.25) is 0 Å². The summed E-state index contributed by atoms with van der Waals surface area (Å²) < 4.78 is 0. The third-order valence-electron chi connectivity index (χ3n) is 5.77. The number of likely N-dealkylation sites (N-methyl/N-ethyl adjacent to an activating group) is 1. The second-order valence-corrected chi connectivity index (χ2v) is 9.07. The van der Waals surface area contributed by atoms with Crippen LogP contribution in [0.2, 0.25) is 5.15 Å². The van der Waals surface area contributed by atoms with Crippen molar-refractivity contribution in [3.8, 4) is 0 Å². The molecule has 2 aromatic rings. The van der Waals surface area contributed by atoms with Gasteiger partial charge >= 0.3 is 0 Å². The summed E-state index contributed by atoms with van der Waals surface area (Å²) in [6.45, 7) is 9.03. The van der Waals surface area contributed by atoms with Crippen LogP contribution in [0.1, 0.15) is 35.7 Å². The van der Waals surface area contributed by atoms with Crippen LogP contribution in [0.4, 0.5) is 5.82 Å². The zero-order chi connectivity index (χ0) is 20.9. The van der Waals surface area contributed by atoms with Gasteiger partial charge in [-0.2, -0.15) is 0 Å². The second kappa shape index (κ2) is 9.98. The van der Waals surface area contributed by atoms with Crippen molar-refractivity contribution in [2.45, 2.75) is 30.7 Å². The van der Waals surface area contributed by atoms with Crippen molar-refractivity contribution in [3.05, 3.63) is 46.6 Å². The number of likely N-dealkylation sites (tertiary alicyclic amines) is 1. The summed E-state index contributed by atoms with van der Waals surface area (Å²) in [5.74, 6) is 1.78. The Morgan fingerprint density at radius 1 is 1.03 bits per heavy atom. The van der Waals surface area contributed by atoms with E-state index in [9.17, 15) is 4.79 Å². The van der Waals surface area contributed by atoms with Gasteiger partial charge < -0.3 is 14.7 Å². The van der Waals surface area contributed by atoms with E-state index in [0.717, 1.165) is 81.4 Å². The van der Waals surface area contributed by atoms with Crippen LogP contribution in [0, 0.1) is 0 Å². The van der Waals surface area contributed by atoms with Crippen LogP contribution in [-0.2, 0) is 5.75 Å². The molecular formula is C22H28ClN5OS. The highest BCUT2D eigenvalue weighted by atomic mass is 35.5. The van der Waals surface area contributed by atoms with Gasteiger partial charge in [0.25, 0.3) is 5.91 Å². The van der Waals surface area contributed by atoms with Crippen molar-refractivity contribution in [2.75, 3.05) is 50.7 Å². The van der Waals surface area contributed by atoms with Crippen molar-refractivity contribution in [1.29, 1.82) is 0 Å². The number of rotatable bonds is 6. The number of benzene rings is 1. The van der Waals surface area contributed by atoms with Crippen LogP contribution in [0.25, 0.3) is 0 Å². The highest BCUT2D eigenvalue weighted by molar-refractivity contribution is 7.98. The first-order chi connectivity index (χ1) is 14.6. The number of piperazine rings is 1. The van der Waals surface area contributed by atoms with Crippen LogP contribution in [-0.4, -0.2) is 71.5 Å². The molecule has 1 aromatic carbocycles. The van der Waals surface area contributed by atoms with E-state index < -0.39 is 0 Å². The molecule has 0 bridgehead atoms. The molecule has 1 amide bonds. The van der Waals surface area contributed by atoms with Gasteiger partial charge in [0.15, 0.2) is 5.16 Å². The minimum Gasteiger partial charge on any atom is -0.354 e. The standard InChI is InChI=1S/C22H28ClN5OS/c1-2-26-11-13-27(14-12-26)20-15-19(23)24-22(25-20)30-16-17-5-7-18(8-6-17)21(29)28-9-3-4-10-28/h5-8,15H,2-4,9-14,16H2,1H3. The van der Waals surface area contributed by atoms with Crippen molar-refractivity contribution in [3.63, 3.8) is 0 Å². The van der Waals surface area contributed by atoms with Gasteiger partial charge in [0.05, 0.1) is 0 Å². The Kier molecular flexibility index (Phi) is 7.12. The Balaban J connectivity index is 1.36. The lowest BCUT2D eigenvalue weighted by molar-refractivity contribution is 0.0793. The maximum Gasteiger partial charge on any atom is 0.253 e. The fourth-order valence-corrected chi connectivity index (χ4v) is 4.94. The van der Waals surface area contributed by atoms with E-state index in [0.29, 0.717) is 10.3 Å². The lowest BCUT2D eigenvalue weighted by Crippen LogP contribution is -2.46. The Hall–Kier alpha value is -1.83. The van der Waals surface area contributed by atoms with Gasteiger partial charge in [-0.1, -0.05) is 42.4 Å². The first-order valence-corrected chi connectivity index (χ1v) is 12.0. The summed E-state index contributed by atoms with van der Waals surface area (Å²) in [5, 5.41) is 1.17. The number of thioether (sulfide) groups is 1. The molecule has 2 saturated heterocycles. The van der Waals surface area contributed by atoms with E-state index in [1.807, 2.05) is 35.2 Å². The smallest absolute Gasteiger partial charge is 0.253 e. The molecule has 6 nitrogen and oxygen atoms in total. The molecule has 0 saturated carbocycles. The van der Waals surface area contributed by atoms with Crippen molar-refractivity contribution >= 4 is 35.1 Å². The fourth-order valence-electron chi connectivity index (χ4n) is 3.90. The summed E-state index contributed by atoms with van der Waals surface area (Å²) in [6.07, 6.45) is 2.22. The summed E-state index contributed by atoms with van der Waals surface area (Å²) in [6, 6.07) is 9.74. The lowest BCUT2D eigenvalue weighted by atomic mass is 10.1. The molecule has 1 aromatic heterocycles. The molecule has 0 aliphatic carbocycles. The molecule has 0 spiro atoms. The highest BCUT2D eigenvalue weighted by Gasteiger charge is 2.20. The molecule has 3 heterocycles. The minimum atomic E-state index is 0.137. The van der Waals surface area contributed by atoms with Gasteiger partial charge in [-0.15, -0.1) is 0 Å². The number of amides is 1. The monoisotopic (exact) mass is 445 g/mol. The van der Waals surface area contributed by atoms with Gasteiger partial charge in [-0.25, -0.2) is 9.97 Å². The first-order valence-electron chi connectivity index (χ1n) is 10.7. The largest absolute Gasteiger partial charge is 0.354 e. The third-order valence-corrected chi connectivity index (χ3v) is 6.88. The van der Waals surface area contributed by atoms with E-state index >= 15 is 0 Å². The summed E-state index contributed by atoms with van der Waals surface area (Å²) in [7, 11) is 0. The molecule has 2 aliphatic heterocycles. The average Bonchev–Trinajstić information content (AvgIpc) is 3.32. The molecule has 4 rings (SSSR count). The van der Waals surface area contributed by atoms with Crippen LogP contribution in [0.3, 0.4) is 0 Å². The van der Waals surface area contributed by atoms with Crippen molar-refractivity contribution in [2.24, 2.45) is 0 Å². The molecule has 0 N–H and O–H groups in total. The Morgan fingerprint density at radius 3 is 2.40 bits per heavy atom. The molecule has 0 unspecified atom stereocenters. The number of hydrogen-bond donors (Lipinski definition) is 0. The van der Waals surface area contributed by atoms with E-state index in [-0.39, 0.29) is 5.91 Å². The predicted molar refractivity (Wildman–Crippen MR) is 123 cm³/mol. The number of anilines is 1. The Morgan fingerprint density at radius 2 is 1.73 bits per heavy atom. The SMILES string of the molecule is CCN1CCN(c2cc(Cl)nc(SCc3ccc(C(=O)N4CCCC4)cc3)n2)CC1. The van der Waals surface area contributed by atoms with Crippen molar-refractivity contribution in [1.82, 2.24) is 19.8 Å². The quantitative estimate of drug-likeness (QED) is 0.383. The zero-order valence-electron chi connectivity index (χ0n) is 17.4. The number of aromatic nitrogens is 2. The molecule has 160 valence electrons. The minimum absolute atomic E-state index is 0.137. The van der Waals surface area contributed by atoms with Gasteiger partial charge in [-0.05, 0) is 37.1 Å². The third kappa shape index (κ3) is 5.25. The Labute approximate surface area is 187 Å². The number of nitrogens with zero attached hydrogens (tertiary/aromatic N) is 5. The van der Waals surface area contributed by atoms with E-state index in [1.165, 1.54) is 0 Å². The maximum absolute atomic E-state index is 12.5. The number of carbonyl (C=O) groups excluding carboxylic acids is 1. The fraction of sp³-hybridized carbons (Fsp3) is 0.500. The molecule has 2 fully saturated rings. The topological polar surface area (TPSA) is 52.6 Å². The maximum atomic E-state index is 12.5. The number of hydrogen-bond acceptors (Lipinski definition) is 6. The van der Waals surface area contributed by atoms with Gasteiger partial charge in [-0.3, -0.25) is 4.79 Å². The predicted octanol–water partition coefficient (Wildman–Crippen LogP) is 3.80. The number of halogens is 1. The normalized spacial score (nSPS) is 17.5.